The zero-order chi connectivity index (χ0) is 20.7. The fourth-order valence-electron chi connectivity index (χ4n) is 2.46. The Bertz CT molecular complexity index is 928. The van der Waals surface area contributed by atoms with Gasteiger partial charge in [0, 0.05) is 11.9 Å². The van der Waals surface area contributed by atoms with E-state index < -0.39 is 10.0 Å². The van der Waals surface area contributed by atoms with Crippen LogP contribution in [0.15, 0.2) is 40.6 Å². The number of carbonyl (C=O) groups excluding carboxylic acids is 1. The van der Waals surface area contributed by atoms with E-state index in [2.05, 4.69) is 15.4 Å². The Hall–Kier alpha value is -2.17. The van der Waals surface area contributed by atoms with Crippen molar-refractivity contribution in [2.75, 3.05) is 13.7 Å². The molecular formula is C18H23N3O4S3. The number of benzene rings is 1. The van der Waals surface area contributed by atoms with Crippen molar-refractivity contribution in [1.82, 2.24) is 15.4 Å². The Morgan fingerprint density at radius 1 is 1.32 bits per heavy atom. The van der Waals surface area contributed by atoms with Gasteiger partial charge in [0.2, 0.25) is 5.91 Å². The van der Waals surface area contributed by atoms with Crippen molar-refractivity contribution in [1.29, 1.82) is 0 Å². The van der Waals surface area contributed by atoms with Gasteiger partial charge in [0.05, 0.1) is 19.1 Å². The first-order valence-electron chi connectivity index (χ1n) is 8.59. The minimum Gasteiger partial charge on any atom is -0.492 e. The van der Waals surface area contributed by atoms with Crippen LogP contribution in [0.5, 0.6) is 5.75 Å². The average molecular weight is 442 g/mol. The van der Waals surface area contributed by atoms with Gasteiger partial charge in [0.1, 0.15) is 10.6 Å². The van der Waals surface area contributed by atoms with Crippen LogP contribution in [0.3, 0.4) is 0 Å². The van der Waals surface area contributed by atoms with Crippen LogP contribution in [0.1, 0.15) is 30.3 Å². The summed E-state index contributed by atoms with van der Waals surface area (Å²) in [5.41, 5.74) is 0.551. The third-order valence-corrected chi connectivity index (χ3v) is 6.63. The number of hydrogen-bond acceptors (Lipinski definition) is 6. The molecule has 0 bridgehead atoms. The molecule has 0 aliphatic carbocycles. The highest BCUT2D eigenvalue weighted by Gasteiger charge is 2.22. The van der Waals surface area contributed by atoms with Gasteiger partial charge in [-0.1, -0.05) is 12.1 Å². The van der Waals surface area contributed by atoms with E-state index in [0.717, 1.165) is 4.88 Å². The van der Waals surface area contributed by atoms with Gasteiger partial charge in [-0.3, -0.25) is 9.52 Å². The molecule has 10 heteroatoms. The first kappa shape index (κ1) is 22.1. The van der Waals surface area contributed by atoms with Crippen LogP contribution in [0.25, 0.3) is 0 Å². The van der Waals surface area contributed by atoms with Crippen LogP contribution >= 0.6 is 23.6 Å². The van der Waals surface area contributed by atoms with Crippen LogP contribution < -0.4 is 20.1 Å². The first-order chi connectivity index (χ1) is 13.3. The van der Waals surface area contributed by atoms with E-state index >= 15 is 0 Å². The minimum absolute atomic E-state index is 0.0321. The number of thiophene rings is 1. The Labute approximate surface area is 174 Å². The maximum Gasteiger partial charge on any atom is 0.267 e. The highest BCUT2D eigenvalue weighted by Crippen LogP contribution is 2.26. The third-order valence-electron chi connectivity index (χ3n) is 3.76. The number of hydrogen-bond donors (Lipinski definition) is 3. The highest BCUT2D eigenvalue weighted by molar-refractivity contribution is 7.92. The first-order valence-corrected chi connectivity index (χ1v) is 11.4. The SMILES string of the molecule is CCOc1ccc(CC(=O)NC(C)c2cccs2)cc1S(=O)(=O)NC(=S)NC. The second-order valence-electron chi connectivity index (χ2n) is 5.88. The molecule has 0 aliphatic rings. The van der Waals surface area contributed by atoms with E-state index in [-0.39, 0.29) is 34.1 Å². The lowest BCUT2D eigenvalue weighted by Gasteiger charge is -2.15. The molecule has 152 valence electrons. The number of rotatable bonds is 8. The molecule has 7 nitrogen and oxygen atoms in total. The zero-order valence-electron chi connectivity index (χ0n) is 15.8. The van der Waals surface area contributed by atoms with Crippen molar-refractivity contribution >= 4 is 44.6 Å². The standard InChI is InChI=1S/C18H23N3O4S3/c1-4-25-14-8-7-13(10-16(14)28(23,24)21-18(26)19-3)11-17(22)20-12(2)15-6-5-9-27-15/h5-10,12H,4,11H2,1-3H3,(H,20,22)(H2,19,21,26). The minimum atomic E-state index is -3.95. The van der Waals surface area contributed by atoms with Crippen molar-refractivity contribution < 1.29 is 17.9 Å². The van der Waals surface area contributed by atoms with E-state index in [1.54, 1.807) is 30.4 Å². The highest BCUT2D eigenvalue weighted by atomic mass is 32.2. The molecule has 0 saturated heterocycles. The van der Waals surface area contributed by atoms with E-state index in [4.69, 9.17) is 17.0 Å². The Morgan fingerprint density at radius 3 is 2.68 bits per heavy atom. The number of carbonyl (C=O) groups is 1. The van der Waals surface area contributed by atoms with Gasteiger partial charge in [0.15, 0.2) is 5.11 Å². The number of thiocarbonyl (C=S) groups is 1. The number of ether oxygens (including phenoxy) is 1. The quantitative estimate of drug-likeness (QED) is 0.544. The van der Waals surface area contributed by atoms with Gasteiger partial charge >= 0.3 is 0 Å². The predicted octanol–water partition coefficient (Wildman–Crippen LogP) is 2.35. The van der Waals surface area contributed by atoms with E-state index in [1.165, 1.54) is 13.1 Å². The smallest absolute Gasteiger partial charge is 0.267 e. The molecule has 2 aromatic rings. The topological polar surface area (TPSA) is 96.5 Å². The van der Waals surface area contributed by atoms with Crippen LogP contribution in [0.4, 0.5) is 0 Å². The summed E-state index contributed by atoms with van der Waals surface area (Å²) < 4.78 is 33.0. The normalized spacial score (nSPS) is 12.1. The van der Waals surface area contributed by atoms with Gasteiger partial charge in [-0.25, -0.2) is 8.42 Å². The molecule has 0 spiro atoms. The summed E-state index contributed by atoms with van der Waals surface area (Å²) >= 11 is 6.46. The molecule has 0 aliphatic heterocycles. The molecule has 0 fully saturated rings. The fourth-order valence-corrected chi connectivity index (χ4v) is 4.68. The monoisotopic (exact) mass is 441 g/mol. The van der Waals surface area contributed by atoms with Gasteiger partial charge in [-0.05, 0) is 55.2 Å². The number of sulfonamides is 1. The third kappa shape index (κ3) is 5.91. The molecule has 3 N–H and O–H groups in total. The van der Waals surface area contributed by atoms with Gasteiger partial charge in [-0.2, -0.15) is 0 Å². The molecule has 28 heavy (non-hydrogen) atoms. The van der Waals surface area contributed by atoms with Crippen molar-refractivity contribution in [3.63, 3.8) is 0 Å². The van der Waals surface area contributed by atoms with Gasteiger partial charge < -0.3 is 15.4 Å². The Morgan fingerprint density at radius 2 is 2.07 bits per heavy atom. The summed E-state index contributed by atoms with van der Waals surface area (Å²) in [4.78, 5) is 13.4. The summed E-state index contributed by atoms with van der Waals surface area (Å²) in [7, 11) is -2.43. The fraction of sp³-hybridized carbons (Fsp3) is 0.333. The van der Waals surface area contributed by atoms with Crippen LogP contribution in [-0.4, -0.2) is 33.1 Å². The average Bonchev–Trinajstić information content (AvgIpc) is 3.17. The molecule has 1 heterocycles. The number of amides is 1. The predicted molar refractivity (Wildman–Crippen MR) is 114 cm³/mol. The lowest BCUT2D eigenvalue weighted by atomic mass is 10.1. The second-order valence-corrected chi connectivity index (χ2v) is 8.92. The molecule has 1 aromatic carbocycles. The summed E-state index contributed by atoms with van der Waals surface area (Å²) in [5.74, 6) is -0.00266. The van der Waals surface area contributed by atoms with Crippen LogP contribution in [0, 0.1) is 0 Å². The summed E-state index contributed by atoms with van der Waals surface area (Å²) in [6, 6.07) is 8.42. The molecule has 2 rings (SSSR count). The molecule has 1 amide bonds. The lowest BCUT2D eigenvalue weighted by Crippen LogP contribution is -2.37. The zero-order valence-corrected chi connectivity index (χ0v) is 18.3. The summed E-state index contributed by atoms with van der Waals surface area (Å²) in [5, 5.41) is 7.39. The van der Waals surface area contributed by atoms with E-state index in [9.17, 15) is 13.2 Å². The molecule has 0 saturated carbocycles. The van der Waals surface area contributed by atoms with Crippen LogP contribution in [-0.2, 0) is 21.2 Å². The molecular weight excluding hydrogens is 418 g/mol. The van der Waals surface area contributed by atoms with Crippen molar-refractivity contribution in [2.24, 2.45) is 0 Å². The lowest BCUT2D eigenvalue weighted by molar-refractivity contribution is -0.121. The molecule has 1 aromatic heterocycles. The number of nitrogens with one attached hydrogen (secondary N) is 3. The Kier molecular flexibility index (Phi) is 7.78. The van der Waals surface area contributed by atoms with Gasteiger partial charge in [-0.15, -0.1) is 11.3 Å². The van der Waals surface area contributed by atoms with Crippen molar-refractivity contribution in [3.8, 4) is 5.75 Å². The van der Waals surface area contributed by atoms with E-state index in [1.807, 2.05) is 24.4 Å². The summed E-state index contributed by atoms with van der Waals surface area (Å²) in [6.07, 6.45) is 0.0428. The maximum absolute atomic E-state index is 12.7. The van der Waals surface area contributed by atoms with Crippen molar-refractivity contribution in [2.45, 2.75) is 31.2 Å². The van der Waals surface area contributed by atoms with Crippen molar-refractivity contribution in [3.05, 3.63) is 46.2 Å². The van der Waals surface area contributed by atoms with Gasteiger partial charge in [0.25, 0.3) is 10.0 Å². The summed E-state index contributed by atoms with van der Waals surface area (Å²) in [6.45, 7) is 3.97. The van der Waals surface area contributed by atoms with E-state index in [0.29, 0.717) is 12.2 Å². The second kappa shape index (κ2) is 9.85. The van der Waals surface area contributed by atoms with Crippen LogP contribution in [0.2, 0.25) is 0 Å². The maximum atomic E-state index is 12.7. The Balaban J connectivity index is 2.21. The largest absolute Gasteiger partial charge is 0.492 e. The molecule has 0 radical (unpaired) electrons. The molecule has 1 atom stereocenters. The molecule has 1 unspecified atom stereocenters.